The van der Waals surface area contributed by atoms with Gasteiger partial charge in [0.2, 0.25) is 0 Å². The molecule has 0 amide bonds. The van der Waals surface area contributed by atoms with Crippen LogP contribution in [0.4, 0.5) is 0 Å². The molecule has 0 spiro atoms. The number of ether oxygens (including phenoxy) is 4. The van der Waals surface area contributed by atoms with E-state index in [1.165, 1.54) is 205 Å². The minimum absolute atomic E-state index is 0.107. The summed E-state index contributed by atoms with van der Waals surface area (Å²) in [7, 11) is -9.90. The summed E-state index contributed by atoms with van der Waals surface area (Å²) in [5, 5.41) is 10.6. The molecule has 3 N–H and O–H groups in total. The van der Waals surface area contributed by atoms with E-state index in [9.17, 15) is 43.2 Å². The van der Waals surface area contributed by atoms with Crippen LogP contribution in [0.5, 0.6) is 0 Å². The Balaban J connectivity index is 5.20. The van der Waals surface area contributed by atoms with Gasteiger partial charge in [0.15, 0.2) is 12.2 Å². The lowest BCUT2D eigenvalue weighted by atomic mass is 10.0. The van der Waals surface area contributed by atoms with Crippen LogP contribution in [0.25, 0.3) is 0 Å². The lowest BCUT2D eigenvalue weighted by Gasteiger charge is -2.21. The van der Waals surface area contributed by atoms with Gasteiger partial charge in [-0.15, -0.1) is 0 Å². The van der Waals surface area contributed by atoms with Gasteiger partial charge in [-0.05, 0) is 25.7 Å². The number of rotatable bonds is 73. The summed E-state index contributed by atoms with van der Waals surface area (Å²) in [5.74, 6) is -2.12. The molecule has 0 fully saturated rings. The van der Waals surface area contributed by atoms with Crippen molar-refractivity contribution in [1.29, 1.82) is 0 Å². The van der Waals surface area contributed by atoms with Gasteiger partial charge in [-0.2, -0.15) is 0 Å². The van der Waals surface area contributed by atoms with Crippen molar-refractivity contribution in [2.24, 2.45) is 0 Å². The van der Waals surface area contributed by atoms with E-state index in [1.807, 2.05) is 0 Å². The van der Waals surface area contributed by atoms with Crippen molar-refractivity contribution in [1.82, 2.24) is 0 Å². The van der Waals surface area contributed by atoms with E-state index < -0.39 is 97.5 Å². The fourth-order valence-electron chi connectivity index (χ4n) is 11.0. The molecule has 0 aliphatic carbocycles. The zero-order valence-electron chi connectivity index (χ0n) is 58.8. The Hall–Kier alpha value is -1.94. The summed E-state index contributed by atoms with van der Waals surface area (Å²) in [6.07, 6.45) is 55.5. The summed E-state index contributed by atoms with van der Waals surface area (Å²) in [5.41, 5.74) is 0. The Morgan fingerprint density at radius 2 is 0.440 bits per heavy atom. The minimum Gasteiger partial charge on any atom is -0.462 e. The molecule has 0 radical (unpaired) electrons. The van der Waals surface area contributed by atoms with Crippen molar-refractivity contribution in [3.63, 3.8) is 0 Å². The molecule has 0 aromatic rings. The van der Waals surface area contributed by atoms with E-state index in [2.05, 4.69) is 27.7 Å². The molecule has 0 bridgehead atoms. The van der Waals surface area contributed by atoms with Crippen LogP contribution in [-0.2, 0) is 65.4 Å². The molecule has 91 heavy (non-hydrogen) atoms. The highest BCUT2D eigenvalue weighted by molar-refractivity contribution is 7.47. The molecule has 540 valence electrons. The lowest BCUT2D eigenvalue weighted by Crippen LogP contribution is -2.30. The third-order valence-corrected chi connectivity index (χ3v) is 18.8. The second-order valence-electron chi connectivity index (χ2n) is 26.0. The maximum Gasteiger partial charge on any atom is 0.472 e. The van der Waals surface area contributed by atoms with Crippen LogP contribution in [-0.4, -0.2) is 96.7 Å². The number of carbonyl (C=O) groups excluding carboxylic acids is 4. The van der Waals surface area contributed by atoms with Gasteiger partial charge in [0.25, 0.3) is 0 Å². The first kappa shape index (κ1) is 89.1. The highest BCUT2D eigenvalue weighted by atomic mass is 31.2. The fourth-order valence-corrected chi connectivity index (χ4v) is 12.6. The maximum absolute atomic E-state index is 13.0. The number of hydrogen-bond donors (Lipinski definition) is 3. The van der Waals surface area contributed by atoms with E-state index >= 15 is 0 Å². The van der Waals surface area contributed by atoms with E-state index in [1.54, 1.807) is 0 Å². The summed E-state index contributed by atoms with van der Waals surface area (Å²) in [6.45, 7) is 4.93. The molecular weight excluding hydrogens is 1200 g/mol. The number of aliphatic hydroxyl groups is 1. The second kappa shape index (κ2) is 66.7. The van der Waals surface area contributed by atoms with E-state index in [0.29, 0.717) is 25.7 Å². The van der Waals surface area contributed by atoms with Gasteiger partial charge in [0.05, 0.1) is 26.4 Å². The number of carbonyl (C=O) groups is 4. The number of aliphatic hydroxyl groups excluding tert-OH is 1. The standard InChI is InChI=1S/C72H140O17P2/c1-5-9-13-17-21-25-28-30-32-34-36-38-40-43-47-51-55-59-72(77)89-68(63-83-70(75)57-53-49-45-42-39-37-35-33-31-29-26-22-18-14-10-6-2)65-87-91(80,81)85-61-66(73)60-84-90(78,79)86-64-67(62-82-69(74)56-52-48-44-24-20-16-12-8-4)88-71(76)58-54-50-46-41-27-23-19-15-11-7-3/h66-68,73H,5-65H2,1-4H3,(H,78,79)(H,80,81)/t66-,67+,68+/m0/s1. The normalized spacial score (nSPS) is 14.0. The molecular formula is C72H140O17P2. The van der Waals surface area contributed by atoms with Gasteiger partial charge in [0.1, 0.15) is 19.3 Å². The highest BCUT2D eigenvalue weighted by Crippen LogP contribution is 2.45. The Morgan fingerprint density at radius 1 is 0.264 bits per heavy atom. The molecule has 0 rings (SSSR count). The molecule has 0 aliphatic heterocycles. The summed E-state index contributed by atoms with van der Waals surface area (Å²) < 4.78 is 68.3. The average molecular weight is 1340 g/mol. The molecule has 19 heteroatoms. The van der Waals surface area contributed by atoms with Crippen molar-refractivity contribution in [3.05, 3.63) is 0 Å². The third-order valence-electron chi connectivity index (χ3n) is 16.9. The van der Waals surface area contributed by atoms with Crippen LogP contribution in [0.3, 0.4) is 0 Å². The van der Waals surface area contributed by atoms with Crippen molar-refractivity contribution in [3.8, 4) is 0 Å². The first-order chi connectivity index (χ1) is 44.2. The van der Waals surface area contributed by atoms with Gasteiger partial charge in [-0.1, -0.05) is 329 Å². The second-order valence-corrected chi connectivity index (χ2v) is 28.9. The molecule has 17 nitrogen and oxygen atoms in total. The van der Waals surface area contributed by atoms with Gasteiger partial charge in [0, 0.05) is 25.7 Å². The minimum atomic E-state index is -4.95. The maximum atomic E-state index is 13.0. The number of hydrogen-bond acceptors (Lipinski definition) is 15. The molecule has 0 aromatic heterocycles. The molecule has 0 saturated carbocycles. The van der Waals surface area contributed by atoms with E-state index in [-0.39, 0.29) is 25.7 Å². The topological polar surface area (TPSA) is 237 Å². The van der Waals surface area contributed by atoms with Crippen molar-refractivity contribution >= 4 is 39.5 Å². The van der Waals surface area contributed by atoms with E-state index in [4.69, 9.17) is 37.0 Å². The van der Waals surface area contributed by atoms with Crippen molar-refractivity contribution in [2.45, 2.75) is 399 Å². The average Bonchev–Trinajstić information content (AvgIpc) is 3.55. The van der Waals surface area contributed by atoms with Crippen LogP contribution in [0.2, 0.25) is 0 Å². The van der Waals surface area contributed by atoms with Crippen LogP contribution in [0.1, 0.15) is 381 Å². The van der Waals surface area contributed by atoms with Crippen molar-refractivity contribution < 1.29 is 80.2 Å². The predicted molar refractivity (Wildman–Crippen MR) is 368 cm³/mol. The lowest BCUT2D eigenvalue weighted by molar-refractivity contribution is -0.161. The van der Waals surface area contributed by atoms with Gasteiger partial charge < -0.3 is 33.8 Å². The van der Waals surface area contributed by atoms with Gasteiger partial charge in [-0.3, -0.25) is 37.3 Å². The Morgan fingerprint density at radius 3 is 0.648 bits per heavy atom. The van der Waals surface area contributed by atoms with Crippen LogP contribution in [0.15, 0.2) is 0 Å². The predicted octanol–water partition coefficient (Wildman–Crippen LogP) is 21.1. The third kappa shape index (κ3) is 66.5. The van der Waals surface area contributed by atoms with Crippen LogP contribution >= 0.6 is 15.6 Å². The van der Waals surface area contributed by atoms with Crippen LogP contribution in [0, 0.1) is 0 Å². The Labute approximate surface area is 556 Å². The van der Waals surface area contributed by atoms with Gasteiger partial charge >= 0.3 is 39.5 Å². The largest absolute Gasteiger partial charge is 0.472 e. The first-order valence-corrected chi connectivity index (χ1v) is 40.8. The van der Waals surface area contributed by atoms with Crippen molar-refractivity contribution in [2.75, 3.05) is 39.6 Å². The highest BCUT2D eigenvalue weighted by Gasteiger charge is 2.30. The number of phosphoric ester groups is 2. The zero-order chi connectivity index (χ0) is 66.8. The van der Waals surface area contributed by atoms with E-state index in [0.717, 1.165) is 96.3 Å². The molecule has 2 unspecified atom stereocenters. The monoisotopic (exact) mass is 1340 g/mol. The Kier molecular flexibility index (Phi) is 65.2. The first-order valence-electron chi connectivity index (χ1n) is 37.8. The number of phosphoric acid groups is 2. The quantitative estimate of drug-likeness (QED) is 0.0222. The number of esters is 4. The molecule has 5 atom stereocenters. The molecule has 0 heterocycles. The zero-order valence-corrected chi connectivity index (χ0v) is 60.6. The van der Waals surface area contributed by atoms with Crippen LogP contribution < -0.4 is 0 Å². The molecule has 0 aromatic carbocycles. The smallest absolute Gasteiger partial charge is 0.462 e. The summed E-state index contributed by atoms with van der Waals surface area (Å²) in [6, 6.07) is 0. The molecule has 0 saturated heterocycles. The Bertz CT molecular complexity index is 1740. The summed E-state index contributed by atoms with van der Waals surface area (Å²) >= 11 is 0. The molecule has 0 aliphatic rings. The fraction of sp³-hybridized carbons (Fsp3) is 0.944. The van der Waals surface area contributed by atoms with Gasteiger partial charge in [-0.25, -0.2) is 9.13 Å². The SMILES string of the molecule is CCCCCCCCCCCCCCCCCCCC(=O)O[C@H](COC(=O)CCCCCCCCCCCCCCCCCC)COP(=O)(O)OC[C@@H](O)COP(=O)(O)OC[C@@H](COC(=O)CCCCCCCCCC)OC(=O)CCCCCCCCCCCC. The summed E-state index contributed by atoms with van der Waals surface area (Å²) in [4.78, 5) is 72.5. The number of unbranched alkanes of at least 4 members (excludes halogenated alkanes) is 47.